The molecule has 0 spiro atoms. The van der Waals surface area contributed by atoms with Crippen LogP contribution in [0.1, 0.15) is 24.2 Å². The van der Waals surface area contributed by atoms with Crippen LogP contribution in [-0.4, -0.2) is 37.5 Å². The highest BCUT2D eigenvalue weighted by Crippen LogP contribution is 2.17. The zero-order chi connectivity index (χ0) is 19.8. The number of hydrogen-bond acceptors (Lipinski definition) is 6. The predicted molar refractivity (Wildman–Crippen MR) is 99.1 cm³/mol. The van der Waals surface area contributed by atoms with Crippen LogP contribution in [0.5, 0.6) is 11.5 Å². The number of rotatable bonds is 8. The quantitative estimate of drug-likeness (QED) is 0.567. The molecule has 0 radical (unpaired) electrons. The molecule has 0 heterocycles. The van der Waals surface area contributed by atoms with Crippen molar-refractivity contribution in [2.45, 2.75) is 20.0 Å². The topological polar surface area (TPSA) is 90.9 Å². The summed E-state index contributed by atoms with van der Waals surface area (Å²) in [5, 5.41) is 2.61. The second-order valence-corrected chi connectivity index (χ2v) is 5.72. The third kappa shape index (κ3) is 6.14. The molecule has 0 aromatic heterocycles. The van der Waals surface area contributed by atoms with Crippen molar-refractivity contribution in [2.75, 3.05) is 19.0 Å². The summed E-state index contributed by atoms with van der Waals surface area (Å²) in [6, 6.07) is 13.2. The number of ether oxygens (including phenoxy) is 3. The summed E-state index contributed by atoms with van der Waals surface area (Å²) in [7, 11) is 1.55. The van der Waals surface area contributed by atoms with E-state index in [9.17, 15) is 14.4 Å². The van der Waals surface area contributed by atoms with E-state index in [0.717, 1.165) is 0 Å². The Morgan fingerprint density at radius 1 is 1.04 bits per heavy atom. The van der Waals surface area contributed by atoms with Gasteiger partial charge >= 0.3 is 5.97 Å². The largest absolute Gasteiger partial charge is 0.497 e. The first-order chi connectivity index (χ1) is 12.9. The highest BCUT2D eigenvalue weighted by atomic mass is 16.6. The average molecular weight is 371 g/mol. The molecule has 0 saturated carbocycles. The van der Waals surface area contributed by atoms with Gasteiger partial charge in [-0.2, -0.15) is 0 Å². The molecule has 2 aromatic rings. The highest BCUT2D eigenvalue weighted by molar-refractivity contribution is 5.98. The maximum atomic E-state index is 12.1. The second kappa shape index (κ2) is 9.38. The van der Waals surface area contributed by atoms with Crippen molar-refractivity contribution < 1.29 is 28.6 Å². The molecule has 0 bridgehead atoms. The third-order valence-corrected chi connectivity index (χ3v) is 3.63. The molecule has 142 valence electrons. The van der Waals surface area contributed by atoms with Crippen molar-refractivity contribution in [2.24, 2.45) is 0 Å². The van der Waals surface area contributed by atoms with Gasteiger partial charge in [0, 0.05) is 11.3 Å². The average Bonchev–Trinajstić information content (AvgIpc) is 2.66. The van der Waals surface area contributed by atoms with E-state index in [1.165, 1.54) is 13.8 Å². The Hall–Kier alpha value is -3.35. The number of carbonyl (C=O) groups is 3. The van der Waals surface area contributed by atoms with Crippen LogP contribution in [0.15, 0.2) is 48.5 Å². The Kier molecular flexibility index (Phi) is 6.93. The van der Waals surface area contributed by atoms with Gasteiger partial charge < -0.3 is 19.5 Å². The Morgan fingerprint density at radius 2 is 1.70 bits per heavy atom. The molecule has 0 saturated heterocycles. The molecule has 0 fully saturated rings. The van der Waals surface area contributed by atoms with Crippen LogP contribution in [0, 0.1) is 0 Å². The molecule has 0 aliphatic heterocycles. The van der Waals surface area contributed by atoms with Crippen LogP contribution in [0.25, 0.3) is 0 Å². The maximum absolute atomic E-state index is 12.1. The molecule has 1 amide bonds. The number of benzene rings is 2. The summed E-state index contributed by atoms with van der Waals surface area (Å²) in [6.45, 7) is 2.56. The lowest BCUT2D eigenvalue weighted by Gasteiger charge is -2.14. The van der Waals surface area contributed by atoms with E-state index in [1.807, 2.05) is 0 Å². The van der Waals surface area contributed by atoms with E-state index < -0.39 is 18.0 Å². The smallest absolute Gasteiger partial charge is 0.344 e. The van der Waals surface area contributed by atoms with Crippen molar-refractivity contribution in [3.05, 3.63) is 54.1 Å². The number of Topliss-reactive ketones (excluding diaryl/α,β-unsaturated/α-hetero) is 1. The Bertz CT molecular complexity index is 815. The first-order valence-corrected chi connectivity index (χ1v) is 8.27. The van der Waals surface area contributed by atoms with Crippen LogP contribution >= 0.6 is 0 Å². The first kappa shape index (κ1) is 20.0. The lowest BCUT2D eigenvalue weighted by Crippen LogP contribution is -2.31. The fraction of sp³-hybridized carbons (Fsp3) is 0.250. The predicted octanol–water partition coefficient (Wildman–Crippen LogP) is 2.85. The number of methoxy groups -OCH3 is 1. The van der Waals surface area contributed by atoms with Gasteiger partial charge in [-0.3, -0.25) is 9.59 Å². The zero-order valence-electron chi connectivity index (χ0n) is 15.4. The molecule has 1 atom stereocenters. The highest BCUT2D eigenvalue weighted by Gasteiger charge is 2.18. The van der Waals surface area contributed by atoms with E-state index in [-0.39, 0.29) is 12.4 Å². The summed E-state index contributed by atoms with van der Waals surface area (Å²) in [6.07, 6.45) is -1.02. The molecule has 0 aliphatic rings. The van der Waals surface area contributed by atoms with Crippen LogP contribution in [-0.2, 0) is 14.3 Å². The van der Waals surface area contributed by atoms with Crippen molar-refractivity contribution in [1.29, 1.82) is 0 Å². The van der Waals surface area contributed by atoms with Gasteiger partial charge in [-0.15, -0.1) is 0 Å². The molecule has 0 aliphatic carbocycles. The Morgan fingerprint density at radius 3 is 2.33 bits per heavy atom. The monoisotopic (exact) mass is 371 g/mol. The van der Waals surface area contributed by atoms with Crippen LogP contribution in [0.4, 0.5) is 5.69 Å². The number of esters is 1. The Balaban J connectivity index is 1.83. The number of carbonyl (C=O) groups excluding carboxylic acids is 3. The maximum Gasteiger partial charge on any atom is 0.344 e. The molecule has 7 heteroatoms. The molecule has 7 nitrogen and oxygen atoms in total. The van der Waals surface area contributed by atoms with Gasteiger partial charge in [0.2, 0.25) is 0 Å². The first-order valence-electron chi connectivity index (χ1n) is 8.27. The number of anilines is 1. The molecule has 2 aromatic carbocycles. The van der Waals surface area contributed by atoms with Gasteiger partial charge in [-0.1, -0.05) is 12.1 Å². The van der Waals surface area contributed by atoms with Crippen molar-refractivity contribution in [3.63, 3.8) is 0 Å². The van der Waals surface area contributed by atoms with Crippen LogP contribution in [0.3, 0.4) is 0 Å². The summed E-state index contributed by atoms with van der Waals surface area (Å²) in [5.41, 5.74) is 0.926. The number of nitrogens with one attached hydrogen (secondary N) is 1. The third-order valence-electron chi connectivity index (χ3n) is 3.63. The summed E-state index contributed by atoms with van der Waals surface area (Å²) >= 11 is 0. The normalized spacial score (nSPS) is 11.2. The lowest BCUT2D eigenvalue weighted by molar-refractivity contribution is -0.155. The summed E-state index contributed by atoms with van der Waals surface area (Å²) in [5.74, 6) is -0.143. The molecular formula is C20H21NO6. The van der Waals surface area contributed by atoms with Gasteiger partial charge in [-0.05, 0) is 50.2 Å². The van der Waals surface area contributed by atoms with E-state index >= 15 is 0 Å². The molecule has 1 N–H and O–H groups in total. The number of amides is 1. The van der Waals surface area contributed by atoms with Crippen molar-refractivity contribution in [1.82, 2.24) is 0 Å². The van der Waals surface area contributed by atoms with Crippen LogP contribution in [0.2, 0.25) is 0 Å². The Labute approximate surface area is 157 Å². The standard InChI is InChI=1S/C20H21NO6/c1-13(22)15-5-4-6-16(11-15)21-20(24)14(2)27-19(23)12-26-18-9-7-17(25-3)8-10-18/h4-11,14H,12H2,1-3H3,(H,21,24)/t14-/m1/s1. The van der Waals surface area contributed by atoms with E-state index in [0.29, 0.717) is 22.7 Å². The SMILES string of the molecule is COc1ccc(OCC(=O)O[C@H](C)C(=O)Nc2cccc(C(C)=O)c2)cc1. The number of ketones is 1. The second-order valence-electron chi connectivity index (χ2n) is 5.72. The van der Waals surface area contributed by atoms with Gasteiger partial charge in [0.15, 0.2) is 18.5 Å². The minimum atomic E-state index is -1.02. The molecule has 0 unspecified atom stereocenters. The van der Waals surface area contributed by atoms with E-state index in [4.69, 9.17) is 14.2 Å². The lowest BCUT2D eigenvalue weighted by atomic mass is 10.1. The minimum Gasteiger partial charge on any atom is -0.497 e. The molecular weight excluding hydrogens is 350 g/mol. The summed E-state index contributed by atoms with van der Waals surface area (Å²) < 4.78 is 15.4. The van der Waals surface area contributed by atoms with Gasteiger partial charge in [0.1, 0.15) is 11.5 Å². The van der Waals surface area contributed by atoms with E-state index in [1.54, 1.807) is 55.6 Å². The van der Waals surface area contributed by atoms with Gasteiger partial charge in [-0.25, -0.2) is 4.79 Å². The molecule has 27 heavy (non-hydrogen) atoms. The van der Waals surface area contributed by atoms with Crippen molar-refractivity contribution in [3.8, 4) is 11.5 Å². The van der Waals surface area contributed by atoms with Crippen molar-refractivity contribution >= 4 is 23.3 Å². The fourth-order valence-electron chi connectivity index (χ4n) is 2.16. The summed E-state index contributed by atoms with van der Waals surface area (Å²) in [4.78, 5) is 35.4. The van der Waals surface area contributed by atoms with Crippen LogP contribution < -0.4 is 14.8 Å². The van der Waals surface area contributed by atoms with Gasteiger partial charge in [0.25, 0.3) is 5.91 Å². The number of hydrogen-bond donors (Lipinski definition) is 1. The van der Waals surface area contributed by atoms with Gasteiger partial charge in [0.05, 0.1) is 7.11 Å². The molecule has 2 rings (SSSR count). The minimum absolute atomic E-state index is 0.110. The zero-order valence-corrected chi connectivity index (χ0v) is 15.4. The van der Waals surface area contributed by atoms with E-state index in [2.05, 4.69) is 5.32 Å². The fourth-order valence-corrected chi connectivity index (χ4v) is 2.16.